The highest BCUT2D eigenvalue weighted by atomic mass is 35.5. The van der Waals surface area contributed by atoms with Gasteiger partial charge in [-0.25, -0.2) is 0 Å². The van der Waals surface area contributed by atoms with E-state index in [2.05, 4.69) is 10.00 Å². The normalized spacial score (nSPS) is 21.9. The van der Waals surface area contributed by atoms with Crippen molar-refractivity contribution >= 4 is 11.6 Å². The van der Waals surface area contributed by atoms with Crippen LogP contribution in [0.3, 0.4) is 0 Å². The van der Waals surface area contributed by atoms with Gasteiger partial charge >= 0.3 is 0 Å². The van der Waals surface area contributed by atoms with Crippen LogP contribution in [0.4, 0.5) is 0 Å². The molecule has 1 fully saturated rings. The molecule has 0 bridgehead atoms. The first-order valence-corrected chi connectivity index (χ1v) is 6.37. The monoisotopic (exact) mass is 258 g/mol. The topological polar surface area (TPSA) is 56.3 Å². The Kier molecular flexibility index (Phi) is 4.79. The average Bonchev–Trinajstić information content (AvgIpc) is 2.74. The first kappa shape index (κ1) is 12.8. The Morgan fingerprint density at radius 3 is 3.12 bits per heavy atom. The minimum absolute atomic E-state index is 0.287. The van der Waals surface area contributed by atoms with E-state index in [1.807, 2.05) is 10.9 Å². The molecule has 0 radical (unpaired) electrons. The molecule has 2 heterocycles. The molecular weight excluding hydrogens is 240 g/mol. The van der Waals surface area contributed by atoms with Gasteiger partial charge in [-0.3, -0.25) is 9.58 Å². The summed E-state index contributed by atoms with van der Waals surface area (Å²) in [6.45, 7) is 5.27. The molecular formula is C11H19ClN4O. The molecule has 0 saturated carbocycles. The van der Waals surface area contributed by atoms with Crippen molar-refractivity contribution in [3.8, 4) is 0 Å². The zero-order chi connectivity index (χ0) is 12.1. The maximum Gasteiger partial charge on any atom is 0.0785 e. The van der Waals surface area contributed by atoms with Gasteiger partial charge in [-0.05, 0) is 13.0 Å². The summed E-state index contributed by atoms with van der Waals surface area (Å²) in [6, 6.07) is 0. The molecule has 1 aromatic heterocycles. The molecule has 96 valence electrons. The number of rotatable bonds is 5. The van der Waals surface area contributed by atoms with E-state index in [9.17, 15) is 0 Å². The molecule has 0 spiro atoms. The Labute approximate surface area is 106 Å². The molecule has 0 aromatic carbocycles. The van der Waals surface area contributed by atoms with Crippen molar-refractivity contribution in [2.75, 3.05) is 32.8 Å². The molecule has 1 saturated heterocycles. The first-order valence-electron chi connectivity index (χ1n) is 6.00. The van der Waals surface area contributed by atoms with Gasteiger partial charge in [0.1, 0.15) is 0 Å². The summed E-state index contributed by atoms with van der Waals surface area (Å²) in [5.41, 5.74) is 5.55. The molecule has 1 aromatic rings. The highest BCUT2D eigenvalue weighted by Gasteiger charge is 2.19. The van der Waals surface area contributed by atoms with Gasteiger partial charge in [0.2, 0.25) is 0 Å². The lowest BCUT2D eigenvalue weighted by atomic mass is 10.2. The highest BCUT2D eigenvalue weighted by molar-refractivity contribution is 6.30. The smallest absolute Gasteiger partial charge is 0.0785 e. The number of ether oxygens (including phenoxy) is 1. The van der Waals surface area contributed by atoms with E-state index in [4.69, 9.17) is 22.1 Å². The quantitative estimate of drug-likeness (QED) is 0.840. The number of nitrogens with two attached hydrogens (primary N) is 1. The third kappa shape index (κ3) is 3.96. The van der Waals surface area contributed by atoms with Crippen LogP contribution in [0.25, 0.3) is 0 Å². The van der Waals surface area contributed by atoms with E-state index in [1.54, 1.807) is 6.20 Å². The minimum atomic E-state index is 0.287. The maximum absolute atomic E-state index is 5.82. The van der Waals surface area contributed by atoms with Crippen LogP contribution >= 0.6 is 11.6 Å². The van der Waals surface area contributed by atoms with Gasteiger partial charge in [-0.1, -0.05) is 11.6 Å². The van der Waals surface area contributed by atoms with Gasteiger partial charge in [0.05, 0.1) is 30.5 Å². The van der Waals surface area contributed by atoms with Crippen LogP contribution < -0.4 is 5.73 Å². The Bertz CT molecular complexity index is 342. The fourth-order valence-electron chi connectivity index (χ4n) is 2.05. The predicted molar refractivity (Wildman–Crippen MR) is 67.1 cm³/mol. The van der Waals surface area contributed by atoms with Crippen molar-refractivity contribution in [2.45, 2.75) is 19.1 Å². The van der Waals surface area contributed by atoms with Crippen molar-refractivity contribution in [3.63, 3.8) is 0 Å². The van der Waals surface area contributed by atoms with Crippen LogP contribution in [0.2, 0.25) is 5.02 Å². The zero-order valence-corrected chi connectivity index (χ0v) is 10.6. The van der Waals surface area contributed by atoms with Gasteiger partial charge in [0.25, 0.3) is 0 Å². The van der Waals surface area contributed by atoms with Crippen molar-refractivity contribution in [3.05, 3.63) is 17.4 Å². The van der Waals surface area contributed by atoms with Crippen LogP contribution in [0, 0.1) is 0 Å². The molecule has 17 heavy (non-hydrogen) atoms. The summed E-state index contributed by atoms with van der Waals surface area (Å²) in [5, 5.41) is 4.85. The van der Waals surface area contributed by atoms with E-state index in [0.29, 0.717) is 11.6 Å². The number of hydrogen-bond acceptors (Lipinski definition) is 4. The lowest BCUT2D eigenvalue weighted by Crippen LogP contribution is -2.44. The largest absolute Gasteiger partial charge is 0.376 e. The van der Waals surface area contributed by atoms with Gasteiger partial charge in [0.15, 0.2) is 0 Å². The molecule has 6 heteroatoms. The number of aromatic nitrogens is 2. The molecule has 1 atom stereocenters. The lowest BCUT2D eigenvalue weighted by molar-refractivity contribution is -0.0317. The molecule has 5 nitrogen and oxygen atoms in total. The fourth-order valence-corrected chi connectivity index (χ4v) is 2.20. The lowest BCUT2D eigenvalue weighted by Gasteiger charge is -2.32. The Morgan fingerprint density at radius 2 is 2.41 bits per heavy atom. The third-order valence-electron chi connectivity index (χ3n) is 2.96. The maximum atomic E-state index is 5.82. The van der Waals surface area contributed by atoms with Crippen molar-refractivity contribution < 1.29 is 4.74 Å². The van der Waals surface area contributed by atoms with E-state index >= 15 is 0 Å². The summed E-state index contributed by atoms with van der Waals surface area (Å²) < 4.78 is 7.51. The van der Waals surface area contributed by atoms with Gasteiger partial charge < -0.3 is 10.5 Å². The van der Waals surface area contributed by atoms with Crippen molar-refractivity contribution in [1.29, 1.82) is 0 Å². The summed E-state index contributed by atoms with van der Waals surface area (Å²) in [4.78, 5) is 2.39. The standard InChI is InChI=1S/C11H19ClN4O/c12-10-7-14-16(8-10)4-3-15-5-6-17-11(9-15)1-2-13/h7-8,11H,1-6,9,13H2/t11-/m0/s1. The number of halogens is 1. The van der Waals surface area contributed by atoms with Gasteiger partial charge in [-0.2, -0.15) is 5.10 Å². The predicted octanol–water partition coefficient (Wildman–Crippen LogP) is 0.586. The van der Waals surface area contributed by atoms with E-state index in [1.165, 1.54) is 0 Å². The van der Waals surface area contributed by atoms with Gasteiger partial charge in [0, 0.05) is 25.8 Å². The van der Waals surface area contributed by atoms with Gasteiger partial charge in [-0.15, -0.1) is 0 Å². The van der Waals surface area contributed by atoms with E-state index in [0.717, 1.165) is 39.2 Å². The van der Waals surface area contributed by atoms with Crippen molar-refractivity contribution in [2.24, 2.45) is 5.73 Å². The average molecular weight is 259 g/mol. The second kappa shape index (κ2) is 6.35. The Morgan fingerprint density at radius 1 is 1.53 bits per heavy atom. The van der Waals surface area contributed by atoms with Crippen LogP contribution in [0.1, 0.15) is 6.42 Å². The number of nitrogens with zero attached hydrogens (tertiary/aromatic N) is 3. The SMILES string of the molecule is NCC[C@H]1CN(CCn2cc(Cl)cn2)CCO1. The third-order valence-corrected chi connectivity index (χ3v) is 3.15. The highest BCUT2D eigenvalue weighted by Crippen LogP contribution is 2.09. The molecule has 0 aliphatic carbocycles. The zero-order valence-electron chi connectivity index (χ0n) is 9.89. The molecule has 2 N–H and O–H groups in total. The van der Waals surface area contributed by atoms with Crippen LogP contribution in [0.5, 0.6) is 0 Å². The van der Waals surface area contributed by atoms with Crippen LogP contribution in [-0.4, -0.2) is 53.6 Å². The first-order chi connectivity index (χ1) is 8.28. The minimum Gasteiger partial charge on any atom is -0.376 e. The summed E-state index contributed by atoms with van der Waals surface area (Å²) >= 11 is 5.82. The van der Waals surface area contributed by atoms with E-state index in [-0.39, 0.29) is 6.10 Å². The number of hydrogen-bond donors (Lipinski definition) is 1. The van der Waals surface area contributed by atoms with E-state index < -0.39 is 0 Å². The number of morpholine rings is 1. The molecule has 2 rings (SSSR count). The van der Waals surface area contributed by atoms with Crippen molar-refractivity contribution in [1.82, 2.24) is 14.7 Å². The molecule has 1 aliphatic rings. The summed E-state index contributed by atoms with van der Waals surface area (Å²) in [5.74, 6) is 0. The van der Waals surface area contributed by atoms with Crippen LogP contribution in [-0.2, 0) is 11.3 Å². The molecule has 1 aliphatic heterocycles. The molecule has 0 amide bonds. The second-order valence-electron chi connectivity index (χ2n) is 4.29. The Hall–Kier alpha value is -0.620. The second-order valence-corrected chi connectivity index (χ2v) is 4.73. The summed E-state index contributed by atoms with van der Waals surface area (Å²) in [6.07, 6.45) is 4.73. The van der Waals surface area contributed by atoms with Crippen LogP contribution in [0.15, 0.2) is 12.4 Å². The molecule has 0 unspecified atom stereocenters. The Balaban J connectivity index is 1.75. The summed E-state index contributed by atoms with van der Waals surface area (Å²) in [7, 11) is 0. The fraction of sp³-hybridized carbons (Fsp3) is 0.727.